The first kappa shape index (κ1) is 13.5. The predicted octanol–water partition coefficient (Wildman–Crippen LogP) is 2.34. The molecule has 92 valence electrons. The van der Waals surface area contributed by atoms with E-state index in [-0.39, 0.29) is 5.78 Å². The molecule has 0 heterocycles. The predicted molar refractivity (Wildman–Crippen MR) is 63.5 cm³/mol. The normalized spacial score (nSPS) is 11.8. The number of hydrogen-bond donors (Lipinski definition) is 0. The molecule has 0 aromatic heterocycles. The van der Waals surface area contributed by atoms with E-state index in [0.29, 0.717) is 16.3 Å². The summed E-state index contributed by atoms with van der Waals surface area (Å²) in [4.78, 5) is 23.3. The molecule has 5 heteroatoms. The van der Waals surface area contributed by atoms with Gasteiger partial charge in [-0.1, -0.05) is 11.6 Å². The third-order valence-corrected chi connectivity index (χ3v) is 2.61. The Bertz CT molecular complexity index is 442. The van der Waals surface area contributed by atoms with Crippen LogP contribution in [0.1, 0.15) is 17.3 Å². The number of ketones is 1. The van der Waals surface area contributed by atoms with E-state index in [2.05, 4.69) is 4.74 Å². The summed E-state index contributed by atoms with van der Waals surface area (Å²) in [6, 6.07) is 4.63. The lowest BCUT2D eigenvalue weighted by molar-refractivity contribution is -0.143. The van der Waals surface area contributed by atoms with Crippen LogP contribution in [0.3, 0.4) is 0 Å². The third kappa shape index (κ3) is 2.97. The number of methoxy groups -OCH3 is 2. The number of carbonyl (C=O) groups excluding carboxylic acids is 2. The molecule has 4 nitrogen and oxygen atoms in total. The number of benzene rings is 1. The van der Waals surface area contributed by atoms with Crippen molar-refractivity contribution in [2.24, 2.45) is 5.92 Å². The monoisotopic (exact) mass is 256 g/mol. The number of hydrogen-bond acceptors (Lipinski definition) is 4. The fourth-order valence-electron chi connectivity index (χ4n) is 1.39. The molecule has 0 aliphatic heterocycles. The maximum Gasteiger partial charge on any atom is 0.316 e. The van der Waals surface area contributed by atoms with Gasteiger partial charge in [0.05, 0.1) is 19.8 Å². The molecule has 17 heavy (non-hydrogen) atoms. The van der Waals surface area contributed by atoms with Crippen molar-refractivity contribution in [3.63, 3.8) is 0 Å². The van der Waals surface area contributed by atoms with Gasteiger partial charge in [-0.2, -0.15) is 0 Å². The van der Waals surface area contributed by atoms with E-state index in [4.69, 9.17) is 16.3 Å². The van der Waals surface area contributed by atoms with Gasteiger partial charge in [0.1, 0.15) is 11.7 Å². The molecule has 0 radical (unpaired) electrons. The fourth-order valence-corrected chi connectivity index (χ4v) is 1.55. The third-order valence-electron chi connectivity index (χ3n) is 2.38. The van der Waals surface area contributed by atoms with E-state index in [9.17, 15) is 9.59 Å². The Balaban J connectivity index is 3.08. The van der Waals surface area contributed by atoms with E-state index in [1.165, 1.54) is 33.3 Å². The van der Waals surface area contributed by atoms with Crippen molar-refractivity contribution in [1.29, 1.82) is 0 Å². The Hall–Kier alpha value is -1.55. The van der Waals surface area contributed by atoms with Crippen LogP contribution in [0.4, 0.5) is 0 Å². The molecule has 0 N–H and O–H groups in total. The van der Waals surface area contributed by atoms with Crippen molar-refractivity contribution in [2.75, 3.05) is 14.2 Å². The van der Waals surface area contributed by atoms with E-state index >= 15 is 0 Å². The Morgan fingerprint density at radius 1 is 1.29 bits per heavy atom. The van der Waals surface area contributed by atoms with E-state index in [1.54, 1.807) is 6.07 Å². The van der Waals surface area contributed by atoms with Crippen molar-refractivity contribution in [3.8, 4) is 5.75 Å². The lowest BCUT2D eigenvalue weighted by atomic mass is 9.99. The molecule has 1 rings (SSSR count). The van der Waals surface area contributed by atoms with Gasteiger partial charge in [-0.25, -0.2) is 0 Å². The van der Waals surface area contributed by atoms with Crippen molar-refractivity contribution < 1.29 is 19.1 Å². The van der Waals surface area contributed by atoms with Crippen LogP contribution in [-0.2, 0) is 9.53 Å². The molecule has 1 unspecified atom stereocenters. The lowest BCUT2D eigenvalue weighted by Crippen LogP contribution is -2.22. The average molecular weight is 257 g/mol. The highest BCUT2D eigenvalue weighted by atomic mass is 35.5. The summed E-state index contributed by atoms with van der Waals surface area (Å²) in [6.45, 7) is 1.49. The molecule has 1 atom stereocenters. The van der Waals surface area contributed by atoms with Crippen LogP contribution in [0.15, 0.2) is 18.2 Å². The largest absolute Gasteiger partial charge is 0.496 e. The molecule has 1 aromatic carbocycles. The number of Topliss-reactive ketones (excluding diaryl/α,β-unsaturated/α-hetero) is 1. The van der Waals surface area contributed by atoms with Gasteiger partial charge in [0.25, 0.3) is 0 Å². The summed E-state index contributed by atoms with van der Waals surface area (Å²) >= 11 is 5.79. The van der Waals surface area contributed by atoms with Crippen LogP contribution in [-0.4, -0.2) is 26.0 Å². The molecule has 0 aliphatic carbocycles. The first-order valence-corrected chi connectivity index (χ1v) is 5.34. The van der Waals surface area contributed by atoms with Crippen LogP contribution < -0.4 is 4.74 Å². The molecule has 0 saturated heterocycles. The number of esters is 1. The molecule has 0 fully saturated rings. The minimum absolute atomic E-state index is 0.315. The lowest BCUT2D eigenvalue weighted by Gasteiger charge is -2.11. The molecule has 0 bridgehead atoms. The van der Waals surface area contributed by atoms with Gasteiger partial charge in [0.2, 0.25) is 0 Å². The van der Waals surface area contributed by atoms with Gasteiger partial charge < -0.3 is 9.47 Å². The van der Waals surface area contributed by atoms with Crippen LogP contribution >= 0.6 is 11.6 Å². The second kappa shape index (κ2) is 5.68. The van der Waals surface area contributed by atoms with Crippen LogP contribution in [0.5, 0.6) is 5.75 Å². The quantitative estimate of drug-likeness (QED) is 0.471. The highest BCUT2D eigenvalue weighted by molar-refractivity contribution is 6.31. The second-order valence-corrected chi connectivity index (χ2v) is 3.89. The molecule has 0 saturated carbocycles. The summed E-state index contributed by atoms with van der Waals surface area (Å²) in [7, 11) is 2.68. The zero-order chi connectivity index (χ0) is 13.0. The minimum atomic E-state index is -0.866. The van der Waals surface area contributed by atoms with Gasteiger partial charge in [0, 0.05) is 5.02 Å². The summed E-state index contributed by atoms with van der Waals surface area (Å²) < 4.78 is 9.58. The van der Waals surface area contributed by atoms with Crippen molar-refractivity contribution in [3.05, 3.63) is 28.8 Å². The number of carbonyl (C=O) groups is 2. The van der Waals surface area contributed by atoms with Gasteiger partial charge in [-0.05, 0) is 25.1 Å². The van der Waals surface area contributed by atoms with E-state index in [1.807, 2.05) is 0 Å². The topological polar surface area (TPSA) is 52.6 Å². The van der Waals surface area contributed by atoms with E-state index < -0.39 is 11.9 Å². The standard InChI is InChI=1S/C12H13ClO4/c1-7(12(15)17-3)11(14)9-5-4-8(13)6-10(9)16-2/h4-7H,1-3H3. The number of halogens is 1. The molecular weight excluding hydrogens is 244 g/mol. The zero-order valence-electron chi connectivity index (χ0n) is 9.82. The van der Waals surface area contributed by atoms with Gasteiger partial charge >= 0.3 is 5.97 Å². The fraction of sp³-hybridized carbons (Fsp3) is 0.333. The second-order valence-electron chi connectivity index (χ2n) is 3.45. The van der Waals surface area contributed by atoms with Crippen LogP contribution in [0.2, 0.25) is 5.02 Å². The molecule has 0 aliphatic rings. The Morgan fingerprint density at radius 2 is 1.94 bits per heavy atom. The van der Waals surface area contributed by atoms with Gasteiger partial charge in [-0.15, -0.1) is 0 Å². The highest BCUT2D eigenvalue weighted by Gasteiger charge is 2.25. The first-order chi connectivity index (χ1) is 8.01. The van der Waals surface area contributed by atoms with Crippen molar-refractivity contribution in [2.45, 2.75) is 6.92 Å². The Labute approximate surface area is 104 Å². The molecule has 0 spiro atoms. The number of rotatable bonds is 4. The van der Waals surface area contributed by atoms with E-state index in [0.717, 1.165) is 0 Å². The minimum Gasteiger partial charge on any atom is -0.496 e. The highest BCUT2D eigenvalue weighted by Crippen LogP contribution is 2.25. The molecule has 1 aromatic rings. The van der Waals surface area contributed by atoms with Crippen LogP contribution in [0.25, 0.3) is 0 Å². The average Bonchev–Trinajstić information content (AvgIpc) is 2.35. The first-order valence-electron chi connectivity index (χ1n) is 4.96. The van der Waals surface area contributed by atoms with Crippen LogP contribution in [0, 0.1) is 5.92 Å². The summed E-state index contributed by atoms with van der Waals surface area (Å²) in [5, 5.41) is 0.462. The zero-order valence-corrected chi connectivity index (χ0v) is 10.6. The molecule has 0 amide bonds. The Morgan fingerprint density at radius 3 is 2.47 bits per heavy atom. The molecular formula is C12H13ClO4. The maximum absolute atomic E-state index is 12.0. The SMILES string of the molecule is COC(=O)C(C)C(=O)c1ccc(Cl)cc1OC. The summed E-state index contributed by atoms with van der Waals surface area (Å²) in [5.74, 6) is -1.45. The van der Waals surface area contributed by atoms with Crippen molar-refractivity contribution in [1.82, 2.24) is 0 Å². The Kier molecular flexibility index (Phi) is 4.52. The summed E-state index contributed by atoms with van der Waals surface area (Å²) in [5.41, 5.74) is 0.315. The summed E-state index contributed by atoms with van der Waals surface area (Å²) in [6.07, 6.45) is 0. The maximum atomic E-state index is 12.0. The van der Waals surface area contributed by atoms with Gasteiger partial charge in [0.15, 0.2) is 5.78 Å². The van der Waals surface area contributed by atoms with Gasteiger partial charge in [-0.3, -0.25) is 9.59 Å². The smallest absolute Gasteiger partial charge is 0.316 e. The van der Waals surface area contributed by atoms with Crippen molar-refractivity contribution >= 4 is 23.4 Å². The number of ether oxygens (including phenoxy) is 2.